The fourth-order valence-corrected chi connectivity index (χ4v) is 10.4. The minimum atomic E-state index is -2.02. The van der Waals surface area contributed by atoms with Crippen molar-refractivity contribution in [3.63, 3.8) is 0 Å². The molecule has 224 valence electrons. The molecular weight excluding hydrogens is 633 g/mol. The number of nitrogens with zero attached hydrogens (tertiary/aromatic N) is 1. The Bertz CT molecular complexity index is 1310. The summed E-state index contributed by atoms with van der Waals surface area (Å²) in [5.74, 6) is 0.867. The molecule has 2 fully saturated rings. The Morgan fingerprint density at radius 3 is 2.17 bits per heavy atom. The fraction of sp³-hybridized carbons (Fsp3) is 0.694. The van der Waals surface area contributed by atoms with Crippen LogP contribution >= 0.6 is 22.6 Å². The van der Waals surface area contributed by atoms with E-state index in [-0.39, 0.29) is 22.8 Å². The summed E-state index contributed by atoms with van der Waals surface area (Å²) in [4.78, 5) is 5.66. The van der Waals surface area contributed by atoms with Gasteiger partial charge in [0, 0.05) is 32.0 Å². The summed E-state index contributed by atoms with van der Waals surface area (Å²) in [7, 11) is -2.02. The van der Waals surface area contributed by atoms with Crippen LogP contribution in [0.5, 0.6) is 0 Å². The zero-order chi connectivity index (χ0) is 29.5. The molecule has 5 heteroatoms. The second kappa shape index (κ2) is 10.4. The molecule has 4 aliphatic rings. The van der Waals surface area contributed by atoms with Gasteiger partial charge in [-0.2, -0.15) is 0 Å². The molecule has 2 aromatic rings. The fourth-order valence-electron chi connectivity index (χ4n) is 7.91. The Hall–Kier alpha value is -0.763. The number of ether oxygens (including phenoxy) is 1. The number of fused-ring (bicyclic) bond motifs is 4. The van der Waals surface area contributed by atoms with Gasteiger partial charge in [-0.1, -0.05) is 102 Å². The van der Waals surface area contributed by atoms with Gasteiger partial charge in [-0.15, -0.1) is 0 Å². The number of alkyl halides is 1. The maximum Gasteiger partial charge on any atom is 0.192 e. The van der Waals surface area contributed by atoms with Crippen molar-refractivity contribution in [3.05, 3.63) is 63.5 Å². The highest BCUT2D eigenvalue weighted by Crippen LogP contribution is 2.63. The summed E-state index contributed by atoms with van der Waals surface area (Å²) in [6.07, 6.45) is 9.84. The number of aromatic nitrogens is 1. The average Bonchev–Trinajstić information content (AvgIpc) is 3.42. The van der Waals surface area contributed by atoms with Crippen molar-refractivity contribution < 1.29 is 9.16 Å². The van der Waals surface area contributed by atoms with Crippen molar-refractivity contribution in [2.45, 2.75) is 152 Å². The summed E-state index contributed by atoms with van der Waals surface area (Å²) >= 11 is 2.73. The lowest BCUT2D eigenvalue weighted by molar-refractivity contribution is -0.0521. The van der Waals surface area contributed by atoms with Gasteiger partial charge in [-0.05, 0) is 91.5 Å². The van der Waals surface area contributed by atoms with Crippen LogP contribution < -0.4 is 0 Å². The van der Waals surface area contributed by atoms with Crippen molar-refractivity contribution in [1.82, 2.24) is 4.98 Å². The van der Waals surface area contributed by atoms with Gasteiger partial charge in [0.2, 0.25) is 0 Å². The molecule has 1 aromatic heterocycles. The monoisotopic (exact) mass is 685 g/mol. The number of pyridine rings is 1. The highest BCUT2D eigenvalue weighted by Gasteiger charge is 2.58. The molecule has 6 rings (SSSR count). The van der Waals surface area contributed by atoms with Crippen LogP contribution in [0.15, 0.2) is 24.3 Å². The third-order valence-electron chi connectivity index (χ3n) is 11.5. The molecule has 1 aliphatic heterocycles. The van der Waals surface area contributed by atoms with E-state index in [0.29, 0.717) is 21.2 Å². The van der Waals surface area contributed by atoms with Crippen molar-refractivity contribution >= 4 is 30.9 Å². The van der Waals surface area contributed by atoms with Crippen LogP contribution in [0, 0.1) is 5.41 Å². The van der Waals surface area contributed by atoms with Gasteiger partial charge in [0.1, 0.15) is 11.7 Å². The van der Waals surface area contributed by atoms with E-state index in [1.54, 1.807) is 0 Å². The second-order valence-corrected chi connectivity index (χ2v) is 22.2. The minimum Gasteiger partial charge on any atom is -0.410 e. The molecule has 2 saturated carbocycles. The topological polar surface area (TPSA) is 31.4 Å². The van der Waals surface area contributed by atoms with E-state index >= 15 is 0 Å². The lowest BCUT2D eigenvalue weighted by Gasteiger charge is -2.51. The summed E-state index contributed by atoms with van der Waals surface area (Å²) in [6, 6.07) is 9.29. The van der Waals surface area contributed by atoms with Crippen LogP contribution in [-0.2, 0) is 21.2 Å². The number of rotatable bonds is 5. The van der Waals surface area contributed by atoms with Crippen molar-refractivity contribution in [2.75, 3.05) is 0 Å². The molecule has 0 amide bonds. The first-order valence-corrected chi connectivity index (χ1v) is 20.5. The van der Waals surface area contributed by atoms with Gasteiger partial charge >= 0.3 is 0 Å². The van der Waals surface area contributed by atoms with E-state index in [1.807, 2.05) is 0 Å². The van der Waals surface area contributed by atoms with E-state index in [1.165, 1.54) is 71.3 Å². The quantitative estimate of drug-likeness (QED) is 0.178. The van der Waals surface area contributed by atoms with E-state index in [2.05, 4.69) is 108 Å². The molecule has 2 unspecified atom stereocenters. The third-order valence-corrected chi connectivity index (χ3v) is 17.6. The largest absolute Gasteiger partial charge is 0.410 e. The molecule has 4 atom stereocenters. The molecule has 41 heavy (non-hydrogen) atoms. The predicted octanol–water partition coefficient (Wildman–Crippen LogP) is 10.8. The van der Waals surface area contributed by atoms with Gasteiger partial charge in [0.15, 0.2) is 8.32 Å². The smallest absolute Gasteiger partial charge is 0.192 e. The van der Waals surface area contributed by atoms with Crippen LogP contribution in [0.3, 0.4) is 0 Å². The second-order valence-electron chi connectivity index (χ2n) is 16.0. The first-order chi connectivity index (χ1) is 19.2. The van der Waals surface area contributed by atoms with E-state index in [4.69, 9.17) is 14.1 Å². The highest BCUT2D eigenvalue weighted by atomic mass is 127. The van der Waals surface area contributed by atoms with Crippen molar-refractivity contribution in [3.8, 4) is 0 Å². The van der Waals surface area contributed by atoms with Gasteiger partial charge in [-0.3, -0.25) is 4.98 Å². The normalized spacial score (nSPS) is 28.9. The first kappa shape index (κ1) is 30.3. The molecule has 0 saturated heterocycles. The maximum absolute atomic E-state index is 7.49. The predicted molar refractivity (Wildman–Crippen MR) is 181 cm³/mol. The van der Waals surface area contributed by atoms with E-state index in [9.17, 15) is 0 Å². The molecule has 0 radical (unpaired) electrons. The Kier molecular flexibility index (Phi) is 7.69. The summed E-state index contributed by atoms with van der Waals surface area (Å²) in [5, 5.41) is 0.167. The van der Waals surface area contributed by atoms with Crippen LogP contribution in [0.25, 0.3) is 0 Å². The van der Waals surface area contributed by atoms with Gasteiger partial charge in [0.25, 0.3) is 0 Å². The Morgan fingerprint density at radius 2 is 1.66 bits per heavy atom. The molecule has 3 aliphatic carbocycles. The van der Waals surface area contributed by atoms with Crippen LogP contribution in [-0.4, -0.2) is 17.2 Å². The zero-order valence-electron chi connectivity index (χ0n) is 27.0. The standard InChI is InChI=1S/C36H52INO2Si/c1-22(2)24-13-15-25(16-14-24)33-30-31(36(39-33)19-10-12-28(36)37)29-26(38-32(30)23(3)4)20-35(17-11-18-35)21-27(29)40-41(8,9)34(5,6)7/h13-16,22-23,27-28,33H,10-12,17-21H2,1-9H3/t27-,28?,33+,36?/m0/s1. The van der Waals surface area contributed by atoms with E-state index < -0.39 is 8.32 Å². The molecule has 1 aromatic carbocycles. The Labute approximate surface area is 264 Å². The Morgan fingerprint density at radius 1 is 0.976 bits per heavy atom. The first-order valence-electron chi connectivity index (χ1n) is 16.3. The van der Waals surface area contributed by atoms with Gasteiger partial charge in [0.05, 0.1) is 6.10 Å². The third kappa shape index (κ3) is 4.91. The molecule has 2 spiro atoms. The van der Waals surface area contributed by atoms with Gasteiger partial charge in [-0.25, -0.2) is 0 Å². The summed E-state index contributed by atoms with van der Waals surface area (Å²) < 4.78 is 15.4. The molecule has 0 bridgehead atoms. The van der Waals surface area contributed by atoms with Crippen LogP contribution in [0.4, 0.5) is 0 Å². The lowest BCUT2D eigenvalue weighted by Crippen LogP contribution is -2.46. The van der Waals surface area contributed by atoms with Crippen molar-refractivity contribution in [1.29, 1.82) is 0 Å². The summed E-state index contributed by atoms with van der Waals surface area (Å²) in [5.41, 5.74) is 9.71. The number of benzene rings is 1. The van der Waals surface area contributed by atoms with Crippen LogP contribution in [0.1, 0.15) is 157 Å². The minimum absolute atomic E-state index is 0.0649. The summed E-state index contributed by atoms with van der Waals surface area (Å²) in [6.45, 7) is 21.2. The lowest BCUT2D eigenvalue weighted by atomic mass is 9.59. The number of hydrogen-bond donors (Lipinski definition) is 0. The van der Waals surface area contributed by atoms with Crippen molar-refractivity contribution in [2.24, 2.45) is 5.41 Å². The number of halogens is 1. The zero-order valence-corrected chi connectivity index (χ0v) is 30.2. The maximum atomic E-state index is 7.49. The SMILES string of the molecule is CC(C)c1ccc([C@H]2OC3(CCCC3I)c3c2c(C(C)C)nc2c3[C@@H](O[Si](C)(C)C(C)(C)C)CC3(CCC3)C2)cc1. The number of hydrogen-bond acceptors (Lipinski definition) is 3. The average molecular weight is 686 g/mol. The van der Waals surface area contributed by atoms with Gasteiger partial charge < -0.3 is 9.16 Å². The highest BCUT2D eigenvalue weighted by molar-refractivity contribution is 14.1. The molecule has 3 nitrogen and oxygen atoms in total. The molecule has 0 N–H and O–H groups in total. The molecule has 2 heterocycles. The van der Waals surface area contributed by atoms with E-state index in [0.717, 1.165) is 19.3 Å². The van der Waals surface area contributed by atoms with Crippen LogP contribution in [0.2, 0.25) is 18.1 Å². The molecular formula is C36H52INO2Si. The Balaban J connectivity index is 1.59.